The number of benzene rings is 1. The first-order chi connectivity index (χ1) is 10.0. The first kappa shape index (κ1) is 15.0. The number of fused-ring (bicyclic) bond motifs is 1. The summed E-state index contributed by atoms with van der Waals surface area (Å²) < 4.78 is 4.43. The molecule has 0 aliphatic heterocycles. The van der Waals surface area contributed by atoms with Crippen LogP contribution in [-0.2, 0) is 27.2 Å². The maximum absolute atomic E-state index is 12.1. The number of carboxylic acid groups (broad SMARTS) is 1. The summed E-state index contributed by atoms with van der Waals surface area (Å²) in [6.45, 7) is 0. The van der Waals surface area contributed by atoms with Gasteiger partial charge in [-0.3, -0.25) is 9.59 Å². The highest BCUT2D eigenvalue weighted by Gasteiger charge is 2.24. The molecule has 6 nitrogen and oxygen atoms in total. The van der Waals surface area contributed by atoms with Crippen LogP contribution in [0.15, 0.2) is 18.2 Å². The van der Waals surface area contributed by atoms with E-state index in [9.17, 15) is 14.4 Å². The lowest BCUT2D eigenvalue weighted by molar-refractivity contribution is -0.147. The quantitative estimate of drug-likeness (QED) is 0.787. The molecule has 112 valence electrons. The van der Waals surface area contributed by atoms with Crippen molar-refractivity contribution in [2.45, 2.75) is 31.7 Å². The standard InChI is InChI=1S/C15H17NO5/c1-21-13(17)8-12(15(19)20)16-14(18)11-6-5-9-3-2-4-10(9)7-11/h5-7,12H,2-4,8H2,1H3,(H,16,18)(H,19,20)/t12-/m0/s1. The number of methoxy groups -OCH3 is 1. The number of carboxylic acids is 1. The second kappa shape index (κ2) is 6.39. The molecule has 21 heavy (non-hydrogen) atoms. The molecular weight excluding hydrogens is 274 g/mol. The van der Waals surface area contributed by atoms with E-state index in [1.165, 1.54) is 12.7 Å². The molecule has 1 aliphatic rings. The van der Waals surface area contributed by atoms with Gasteiger partial charge in [0.1, 0.15) is 6.04 Å². The minimum atomic E-state index is -1.29. The molecule has 2 rings (SSSR count). The molecule has 1 amide bonds. The number of aryl methyl sites for hydroxylation is 2. The van der Waals surface area contributed by atoms with Gasteiger partial charge in [0.25, 0.3) is 5.91 Å². The lowest BCUT2D eigenvalue weighted by Gasteiger charge is -2.13. The van der Waals surface area contributed by atoms with E-state index < -0.39 is 30.3 Å². The topological polar surface area (TPSA) is 92.7 Å². The van der Waals surface area contributed by atoms with Crippen molar-refractivity contribution in [1.29, 1.82) is 0 Å². The Balaban J connectivity index is 2.08. The number of carbonyl (C=O) groups is 3. The number of rotatable bonds is 5. The molecule has 0 spiro atoms. The molecule has 0 saturated heterocycles. The summed E-state index contributed by atoms with van der Waals surface area (Å²) in [6, 6.07) is 4.07. The first-order valence-corrected chi connectivity index (χ1v) is 6.73. The first-order valence-electron chi connectivity index (χ1n) is 6.73. The molecule has 0 fully saturated rings. The second-order valence-electron chi connectivity index (χ2n) is 4.98. The molecule has 0 aromatic heterocycles. The SMILES string of the molecule is COC(=O)C[C@H](NC(=O)c1ccc2c(c1)CCC2)C(=O)O. The third-order valence-corrected chi connectivity index (χ3v) is 3.56. The molecule has 0 radical (unpaired) electrons. The molecule has 1 atom stereocenters. The number of ether oxygens (including phenoxy) is 1. The van der Waals surface area contributed by atoms with Crippen molar-refractivity contribution in [2.24, 2.45) is 0 Å². The number of hydrogen-bond donors (Lipinski definition) is 2. The van der Waals surface area contributed by atoms with Gasteiger partial charge in [-0.1, -0.05) is 6.07 Å². The maximum Gasteiger partial charge on any atom is 0.326 e. The average molecular weight is 291 g/mol. The van der Waals surface area contributed by atoms with E-state index in [0.29, 0.717) is 5.56 Å². The largest absolute Gasteiger partial charge is 0.480 e. The van der Waals surface area contributed by atoms with Crippen molar-refractivity contribution in [3.05, 3.63) is 34.9 Å². The van der Waals surface area contributed by atoms with E-state index in [-0.39, 0.29) is 0 Å². The van der Waals surface area contributed by atoms with Crippen LogP contribution < -0.4 is 5.32 Å². The fraction of sp³-hybridized carbons (Fsp3) is 0.400. The van der Waals surface area contributed by atoms with E-state index in [0.717, 1.165) is 24.8 Å². The van der Waals surface area contributed by atoms with E-state index in [1.54, 1.807) is 12.1 Å². The number of hydrogen-bond acceptors (Lipinski definition) is 4. The number of aliphatic carboxylic acids is 1. The molecule has 2 N–H and O–H groups in total. The Morgan fingerprint density at radius 3 is 2.67 bits per heavy atom. The van der Waals surface area contributed by atoms with Crippen molar-refractivity contribution >= 4 is 17.8 Å². The Morgan fingerprint density at radius 1 is 1.29 bits per heavy atom. The summed E-state index contributed by atoms with van der Waals surface area (Å²) in [5.41, 5.74) is 2.77. The Kier molecular flexibility index (Phi) is 4.57. The van der Waals surface area contributed by atoms with Crippen LogP contribution in [0.1, 0.15) is 34.3 Å². The third kappa shape index (κ3) is 3.59. The molecule has 0 bridgehead atoms. The number of carbonyl (C=O) groups excluding carboxylic acids is 2. The van der Waals surface area contributed by atoms with Gasteiger partial charge in [0.05, 0.1) is 13.5 Å². The van der Waals surface area contributed by atoms with Crippen LogP contribution in [0, 0.1) is 0 Å². The van der Waals surface area contributed by atoms with Crippen LogP contribution in [0.3, 0.4) is 0 Å². The minimum Gasteiger partial charge on any atom is -0.480 e. The Labute approximate surface area is 122 Å². The highest BCUT2D eigenvalue weighted by molar-refractivity contribution is 5.97. The van der Waals surface area contributed by atoms with Gasteiger partial charge in [0.15, 0.2) is 0 Å². The number of amides is 1. The van der Waals surface area contributed by atoms with Crippen molar-refractivity contribution in [2.75, 3.05) is 7.11 Å². The minimum absolute atomic E-state index is 0.400. The van der Waals surface area contributed by atoms with Crippen LogP contribution in [0.25, 0.3) is 0 Å². The number of esters is 1. The van der Waals surface area contributed by atoms with Gasteiger partial charge in [-0.05, 0) is 42.5 Å². The van der Waals surface area contributed by atoms with Crippen LogP contribution in [-0.4, -0.2) is 36.1 Å². The lowest BCUT2D eigenvalue weighted by Crippen LogP contribution is -2.42. The zero-order valence-electron chi connectivity index (χ0n) is 11.7. The lowest BCUT2D eigenvalue weighted by atomic mass is 10.1. The van der Waals surface area contributed by atoms with Gasteiger partial charge in [-0.15, -0.1) is 0 Å². The fourth-order valence-electron chi connectivity index (χ4n) is 2.40. The summed E-state index contributed by atoms with van der Waals surface area (Å²) in [7, 11) is 1.17. The van der Waals surface area contributed by atoms with Gasteiger partial charge in [0.2, 0.25) is 0 Å². The Hall–Kier alpha value is -2.37. The smallest absolute Gasteiger partial charge is 0.326 e. The molecule has 0 saturated carbocycles. The average Bonchev–Trinajstić information content (AvgIpc) is 2.93. The molecule has 6 heteroatoms. The molecule has 1 aromatic rings. The summed E-state index contributed by atoms with van der Waals surface area (Å²) in [4.78, 5) is 34.3. The van der Waals surface area contributed by atoms with Gasteiger partial charge in [-0.25, -0.2) is 4.79 Å². The van der Waals surface area contributed by atoms with Crippen molar-refractivity contribution in [3.63, 3.8) is 0 Å². The highest BCUT2D eigenvalue weighted by atomic mass is 16.5. The van der Waals surface area contributed by atoms with E-state index >= 15 is 0 Å². The fourth-order valence-corrected chi connectivity index (χ4v) is 2.40. The van der Waals surface area contributed by atoms with Crippen molar-refractivity contribution in [3.8, 4) is 0 Å². The second-order valence-corrected chi connectivity index (χ2v) is 4.98. The van der Waals surface area contributed by atoms with Crippen LogP contribution in [0.4, 0.5) is 0 Å². The zero-order valence-corrected chi connectivity index (χ0v) is 11.7. The van der Waals surface area contributed by atoms with E-state index in [4.69, 9.17) is 5.11 Å². The van der Waals surface area contributed by atoms with Crippen molar-refractivity contribution < 1.29 is 24.2 Å². The Morgan fingerprint density at radius 2 is 2.00 bits per heavy atom. The van der Waals surface area contributed by atoms with Crippen LogP contribution in [0.2, 0.25) is 0 Å². The van der Waals surface area contributed by atoms with Crippen molar-refractivity contribution in [1.82, 2.24) is 5.32 Å². The zero-order chi connectivity index (χ0) is 15.4. The Bertz CT molecular complexity index is 581. The summed E-state index contributed by atoms with van der Waals surface area (Å²) >= 11 is 0. The van der Waals surface area contributed by atoms with E-state index in [2.05, 4.69) is 10.1 Å². The normalized spacial score (nSPS) is 14.1. The molecule has 0 unspecified atom stereocenters. The molecule has 1 aliphatic carbocycles. The summed E-state index contributed by atoms with van der Waals surface area (Å²) in [5, 5.41) is 11.4. The van der Waals surface area contributed by atoms with Gasteiger partial charge < -0.3 is 15.2 Å². The van der Waals surface area contributed by atoms with Gasteiger partial charge in [-0.2, -0.15) is 0 Å². The highest BCUT2D eigenvalue weighted by Crippen LogP contribution is 2.22. The molecule has 1 aromatic carbocycles. The summed E-state index contributed by atoms with van der Waals surface area (Å²) in [6.07, 6.45) is 2.61. The maximum atomic E-state index is 12.1. The predicted octanol–water partition coefficient (Wildman–Crippen LogP) is 0.921. The van der Waals surface area contributed by atoms with Gasteiger partial charge in [0, 0.05) is 5.56 Å². The van der Waals surface area contributed by atoms with Crippen LogP contribution >= 0.6 is 0 Å². The predicted molar refractivity (Wildman–Crippen MR) is 74.0 cm³/mol. The van der Waals surface area contributed by atoms with Crippen LogP contribution in [0.5, 0.6) is 0 Å². The number of nitrogens with one attached hydrogen (secondary N) is 1. The third-order valence-electron chi connectivity index (χ3n) is 3.56. The summed E-state index contributed by atoms with van der Waals surface area (Å²) in [5.74, 6) is -2.45. The molecular formula is C15H17NO5. The van der Waals surface area contributed by atoms with E-state index in [1.807, 2.05) is 6.07 Å². The monoisotopic (exact) mass is 291 g/mol. The molecule has 0 heterocycles. The van der Waals surface area contributed by atoms with Gasteiger partial charge >= 0.3 is 11.9 Å².